The van der Waals surface area contributed by atoms with Crippen molar-refractivity contribution in [2.75, 3.05) is 6.61 Å². The number of ether oxygens (including phenoxy) is 1. The molecule has 0 amide bonds. The summed E-state index contributed by atoms with van der Waals surface area (Å²) in [5, 5.41) is 0. The molecule has 3 rings (SSSR count). The van der Waals surface area contributed by atoms with Crippen molar-refractivity contribution in [3.05, 3.63) is 41.8 Å². The van der Waals surface area contributed by atoms with Gasteiger partial charge in [0.05, 0.1) is 6.61 Å². The smallest absolute Gasteiger partial charge is 0.360 e. The number of nitrogens with zero attached hydrogens (tertiary/aromatic N) is 1. The normalized spacial score (nSPS) is 14.9. The summed E-state index contributed by atoms with van der Waals surface area (Å²) in [6, 6.07) is 9.63. The van der Waals surface area contributed by atoms with E-state index in [-0.39, 0.29) is 11.4 Å². The minimum atomic E-state index is -0.386. The first-order valence-electron chi connectivity index (χ1n) is 7.67. The minimum absolute atomic E-state index is 0.0681. The Morgan fingerprint density at radius 1 is 1.27 bits per heavy atom. The molecule has 0 bridgehead atoms. The largest absolute Gasteiger partial charge is 0.460 e. The molecular weight excluding hydrogens is 278 g/mol. The Hall–Kier alpha value is -2.10. The molecule has 22 heavy (non-hydrogen) atoms. The summed E-state index contributed by atoms with van der Waals surface area (Å²) in [7, 11) is 0. The summed E-state index contributed by atoms with van der Waals surface area (Å²) in [6.07, 6.45) is 2.09. The summed E-state index contributed by atoms with van der Waals surface area (Å²) in [5.41, 5.74) is 1.14. The number of benzene rings is 1. The van der Waals surface area contributed by atoms with Crippen molar-refractivity contribution in [2.24, 2.45) is 5.41 Å². The van der Waals surface area contributed by atoms with Crippen molar-refractivity contribution in [1.29, 1.82) is 0 Å². The van der Waals surface area contributed by atoms with Crippen molar-refractivity contribution < 1.29 is 13.9 Å². The van der Waals surface area contributed by atoms with Crippen LogP contribution in [0.1, 0.15) is 55.8 Å². The zero-order chi connectivity index (χ0) is 15.7. The number of esters is 1. The summed E-state index contributed by atoms with van der Waals surface area (Å²) in [4.78, 5) is 16.7. The third kappa shape index (κ3) is 3.38. The van der Waals surface area contributed by atoms with Gasteiger partial charge in [0, 0.05) is 11.5 Å². The standard InChI is InChI=1S/C18H21NO3/c1-18(2,3)11-21-17(20)14-15(12-9-10-12)22-16(19-14)13-7-5-4-6-8-13/h4-8,12H,9-11H2,1-3H3. The Bertz CT molecular complexity index is 663. The van der Waals surface area contributed by atoms with E-state index in [4.69, 9.17) is 9.15 Å². The molecule has 0 unspecified atom stereocenters. The van der Waals surface area contributed by atoms with Gasteiger partial charge in [-0.1, -0.05) is 39.0 Å². The fourth-order valence-electron chi connectivity index (χ4n) is 2.16. The summed E-state index contributed by atoms with van der Waals surface area (Å²) in [6.45, 7) is 6.45. The van der Waals surface area contributed by atoms with Crippen LogP contribution in [0.2, 0.25) is 0 Å². The Labute approximate surface area is 130 Å². The second-order valence-electron chi connectivity index (χ2n) is 7.01. The molecule has 1 heterocycles. The van der Waals surface area contributed by atoms with E-state index < -0.39 is 0 Å². The number of rotatable bonds is 4. The van der Waals surface area contributed by atoms with Crippen LogP contribution in [0.3, 0.4) is 0 Å². The van der Waals surface area contributed by atoms with Crippen molar-refractivity contribution in [3.63, 3.8) is 0 Å². The van der Waals surface area contributed by atoms with Crippen LogP contribution >= 0.6 is 0 Å². The lowest BCUT2D eigenvalue weighted by atomic mass is 9.99. The molecule has 0 radical (unpaired) electrons. The maximum atomic E-state index is 12.3. The lowest BCUT2D eigenvalue weighted by Crippen LogP contribution is -2.19. The topological polar surface area (TPSA) is 52.3 Å². The van der Waals surface area contributed by atoms with Gasteiger partial charge in [-0.15, -0.1) is 0 Å². The third-order valence-corrected chi connectivity index (χ3v) is 3.45. The van der Waals surface area contributed by atoms with Crippen LogP contribution < -0.4 is 0 Å². The van der Waals surface area contributed by atoms with E-state index in [0.717, 1.165) is 18.4 Å². The zero-order valence-electron chi connectivity index (χ0n) is 13.3. The Morgan fingerprint density at radius 3 is 2.55 bits per heavy atom. The quantitative estimate of drug-likeness (QED) is 0.784. The SMILES string of the molecule is CC(C)(C)COC(=O)c1nc(-c2ccccc2)oc1C1CC1. The van der Waals surface area contributed by atoms with Gasteiger partial charge >= 0.3 is 5.97 Å². The van der Waals surface area contributed by atoms with Gasteiger partial charge in [-0.3, -0.25) is 0 Å². The van der Waals surface area contributed by atoms with Gasteiger partial charge < -0.3 is 9.15 Å². The van der Waals surface area contributed by atoms with Crippen LogP contribution in [0.5, 0.6) is 0 Å². The maximum absolute atomic E-state index is 12.3. The highest BCUT2D eigenvalue weighted by atomic mass is 16.5. The molecule has 2 aromatic rings. The van der Waals surface area contributed by atoms with Crippen LogP contribution in [0.4, 0.5) is 0 Å². The van der Waals surface area contributed by atoms with Gasteiger partial charge in [0.2, 0.25) is 5.89 Å². The number of hydrogen-bond donors (Lipinski definition) is 0. The van der Waals surface area contributed by atoms with Crippen LogP contribution in [-0.2, 0) is 4.74 Å². The highest BCUT2D eigenvalue weighted by Gasteiger charge is 2.35. The molecule has 0 N–H and O–H groups in total. The van der Waals surface area contributed by atoms with Gasteiger partial charge in [0.1, 0.15) is 5.76 Å². The molecule has 1 saturated carbocycles. The molecule has 1 aliphatic rings. The summed E-state index contributed by atoms with van der Waals surface area (Å²) in [5.74, 6) is 1.09. The fraction of sp³-hybridized carbons (Fsp3) is 0.444. The molecule has 1 fully saturated rings. The molecule has 1 aliphatic carbocycles. The van der Waals surface area contributed by atoms with Crippen LogP contribution in [0.25, 0.3) is 11.5 Å². The molecule has 4 nitrogen and oxygen atoms in total. The molecule has 0 atom stereocenters. The van der Waals surface area contributed by atoms with Crippen molar-refractivity contribution in [2.45, 2.75) is 39.5 Å². The average molecular weight is 299 g/mol. The maximum Gasteiger partial charge on any atom is 0.360 e. The van der Waals surface area contributed by atoms with Gasteiger partial charge in [-0.25, -0.2) is 9.78 Å². The molecular formula is C18H21NO3. The minimum Gasteiger partial charge on any atom is -0.460 e. The Morgan fingerprint density at radius 2 is 1.95 bits per heavy atom. The molecule has 116 valence electrons. The lowest BCUT2D eigenvalue weighted by Gasteiger charge is -2.17. The second kappa shape index (κ2) is 5.59. The predicted octanol–water partition coefficient (Wildman–Crippen LogP) is 4.42. The highest BCUT2D eigenvalue weighted by molar-refractivity contribution is 5.89. The van der Waals surface area contributed by atoms with Crippen molar-refractivity contribution in [1.82, 2.24) is 4.98 Å². The van der Waals surface area contributed by atoms with Crippen LogP contribution in [0, 0.1) is 5.41 Å². The van der Waals surface area contributed by atoms with Gasteiger partial charge in [-0.2, -0.15) is 0 Å². The third-order valence-electron chi connectivity index (χ3n) is 3.45. The molecule has 4 heteroatoms. The van der Waals surface area contributed by atoms with E-state index in [2.05, 4.69) is 4.98 Å². The summed E-state index contributed by atoms with van der Waals surface area (Å²) < 4.78 is 11.3. The fourth-order valence-corrected chi connectivity index (χ4v) is 2.16. The Balaban J connectivity index is 1.87. The summed E-state index contributed by atoms with van der Waals surface area (Å²) >= 11 is 0. The Kier molecular flexibility index (Phi) is 3.77. The van der Waals surface area contributed by atoms with Crippen molar-refractivity contribution >= 4 is 5.97 Å². The number of aromatic nitrogens is 1. The first-order valence-corrected chi connectivity index (χ1v) is 7.67. The van der Waals surface area contributed by atoms with Crippen molar-refractivity contribution in [3.8, 4) is 11.5 Å². The second-order valence-corrected chi connectivity index (χ2v) is 7.01. The van der Waals surface area contributed by atoms with E-state index in [1.807, 2.05) is 51.1 Å². The molecule has 0 spiro atoms. The number of carbonyl (C=O) groups excluding carboxylic acids is 1. The molecule has 0 aliphatic heterocycles. The van der Waals surface area contributed by atoms with Gasteiger partial charge in [0.25, 0.3) is 0 Å². The van der Waals surface area contributed by atoms with E-state index in [1.54, 1.807) is 0 Å². The van der Waals surface area contributed by atoms with Crippen LogP contribution in [0.15, 0.2) is 34.7 Å². The average Bonchev–Trinajstić information content (AvgIpc) is 3.23. The van der Waals surface area contributed by atoms with E-state index >= 15 is 0 Å². The first kappa shape index (κ1) is 14.8. The van der Waals surface area contributed by atoms with Crippen LogP contribution in [-0.4, -0.2) is 17.6 Å². The van der Waals surface area contributed by atoms with Gasteiger partial charge in [0.15, 0.2) is 5.69 Å². The first-order chi connectivity index (χ1) is 10.4. The lowest BCUT2D eigenvalue weighted by molar-refractivity contribution is 0.0358. The number of oxazole rings is 1. The van der Waals surface area contributed by atoms with E-state index in [9.17, 15) is 4.79 Å². The molecule has 0 saturated heterocycles. The highest BCUT2D eigenvalue weighted by Crippen LogP contribution is 2.43. The van der Waals surface area contributed by atoms with E-state index in [0.29, 0.717) is 29.9 Å². The van der Waals surface area contributed by atoms with Gasteiger partial charge in [-0.05, 0) is 30.4 Å². The number of carbonyl (C=O) groups is 1. The monoisotopic (exact) mass is 299 g/mol. The number of hydrogen-bond acceptors (Lipinski definition) is 4. The molecule has 1 aromatic carbocycles. The zero-order valence-corrected chi connectivity index (χ0v) is 13.3. The predicted molar refractivity (Wildman–Crippen MR) is 83.7 cm³/mol. The van der Waals surface area contributed by atoms with E-state index in [1.165, 1.54) is 0 Å². The molecule has 1 aromatic heterocycles.